The lowest BCUT2D eigenvalue weighted by atomic mass is 10.0. The summed E-state index contributed by atoms with van der Waals surface area (Å²) in [4.78, 5) is 0. The Hall–Kier alpha value is -0.500. The van der Waals surface area contributed by atoms with Gasteiger partial charge in [0.1, 0.15) is 5.75 Å². The molecule has 0 amide bonds. The van der Waals surface area contributed by atoms with Gasteiger partial charge in [0, 0.05) is 12.0 Å². The van der Waals surface area contributed by atoms with E-state index in [-0.39, 0.29) is 0 Å². The maximum Gasteiger partial charge on any atom is 0.137 e. The van der Waals surface area contributed by atoms with Gasteiger partial charge in [-0.2, -0.15) is 0 Å². The second-order valence-corrected chi connectivity index (χ2v) is 4.02. The molecule has 0 aliphatic carbocycles. The van der Waals surface area contributed by atoms with Gasteiger partial charge in [-0.15, -0.1) is 0 Å². The van der Waals surface area contributed by atoms with E-state index in [1.165, 1.54) is 16.7 Å². The average molecular weight is 227 g/mol. The summed E-state index contributed by atoms with van der Waals surface area (Å²) in [5.41, 5.74) is 3.98. The van der Waals surface area contributed by atoms with Crippen LogP contribution in [-0.4, -0.2) is 6.61 Å². The van der Waals surface area contributed by atoms with Crippen LogP contribution in [0.4, 0.5) is 0 Å². The maximum atomic E-state index is 5.54. The molecule has 0 bridgehead atoms. The molecular formula is C10H11BrO. The largest absolute Gasteiger partial charge is 0.492 e. The Kier molecular flexibility index (Phi) is 1.87. The van der Waals surface area contributed by atoms with Gasteiger partial charge in [-0.3, -0.25) is 0 Å². The summed E-state index contributed by atoms with van der Waals surface area (Å²) in [6, 6.07) is 2.21. The van der Waals surface area contributed by atoms with Crippen LogP contribution in [0.15, 0.2) is 10.5 Å². The first-order valence-electron chi connectivity index (χ1n) is 4.11. The normalized spacial score (nSPS) is 14.2. The standard InChI is InChI=1S/C10H11BrO/c1-6-5-7(2)9(11)10-8(6)3-4-12-10/h5H,3-4H2,1-2H3. The molecule has 1 aliphatic rings. The lowest BCUT2D eigenvalue weighted by molar-refractivity contribution is 0.354. The van der Waals surface area contributed by atoms with E-state index in [0.29, 0.717) is 0 Å². The Morgan fingerprint density at radius 2 is 2.08 bits per heavy atom. The molecule has 0 saturated carbocycles. The molecule has 2 heteroatoms. The highest BCUT2D eigenvalue weighted by Crippen LogP contribution is 2.37. The van der Waals surface area contributed by atoms with Crippen LogP contribution < -0.4 is 4.74 Å². The molecule has 0 fully saturated rings. The van der Waals surface area contributed by atoms with Crippen molar-refractivity contribution in [2.45, 2.75) is 20.3 Å². The lowest BCUT2D eigenvalue weighted by Gasteiger charge is -2.07. The van der Waals surface area contributed by atoms with Crippen molar-refractivity contribution >= 4 is 15.9 Å². The number of fused-ring (bicyclic) bond motifs is 1. The second-order valence-electron chi connectivity index (χ2n) is 3.23. The smallest absolute Gasteiger partial charge is 0.137 e. The number of rotatable bonds is 0. The van der Waals surface area contributed by atoms with Crippen LogP contribution in [0.5, 0.6) is 5.75 Å². The molecule has 12 heavy (non-hydrogen) atoms. The zero-order valence-corrected chi connectivity index (χ0v) is 8.86. The van der Waals surface area contributed by atoms with E-state index in [0.717, 1.165) is 23.2 Å². The molecule has 0 atom stereocenters. The van der Waals surface area contributed by atoms with Gasteiger partial charge in [0.2, 0.25) is 0 Å². The molecule has 0 aromatic heterocycles. The van der Waals surface area contributed by atoms with E-state index in [4.69, 9.17) is 4.74 Å². The molecule has 0 radical (unpaired) electrons. The van der Waals surface area contributed by atoms with Crippen LogP contribution >= 0.6 is 15.9 Å². The first-order valence-corrected chi connectivity index (χ1v) is 4.91. The summed E-state index contributed by atoms with van der Waals surface area (Å²) in [5.74, 6) is 1.06. The van der Waals surface area contributed by atoms with Crippen LogP contribution in [-0.2, 0) is 6.42 Å². The SMILES string of the molecule is Cc1cc(C)c2c(c1Br)OCC2. The highest BCUT2D eigenvalue weighted by molar-refractivity contribution is 9.10. The first-order chi connectivity index (χ1) is 5.70. The first kappa shape index (κ1) is 8.11. The predicted molar refractivity (Wildman–Crippen MR) is 52.8 cm³/mol. The number of benzene rings is 1. The van der Waals surface area contributed by atoms with Crippen LogP contribution in [0.2, 0.25) is 0 Å². The number of aryl methyl sites for hydroxylation is 2. The Labute approximate surface area is 80.9 Å². The highest BCUT2D eigenvalue weighted by atomic mass is 79.9. The molecule has 1 heterocycles. The van der Waals surface area contributed by atoms with Crippen molar-refractivity contribution < 1.29 is 4.74 Å². The third-order valence-corrected chi connectivity index (χ3v) is 3.31. The van der Waals surface area contributed by atoms with E-state index in [1.54, 1.807) is 0 Å². The number of halogens is 1. The van der Waals surface area contributed by atoms with Gasteiger partial charge in [0.15, 0.2) is 0 Å². The Bertz CT molecular complexity index is 331. The second kappa shape index (κ2) is 2.77. The summed E-state index contributed by atoms with van der Waals surface area (Å²) in [6.45, 7) is 5.07. The summed E-state index contributed by atoms with van der Waals surface area (Å²) in [7, 11) is 0. The van der Waals surface area contributed by atoms with E-state index < -0.39 is 0 Å². The summed E-state index contributed by atoms with van der Waals surface area (Å²) in [6.07, 6.45) is 1.06. The number of hydrogen-bond donors (Lipinski definition) is 0. The van der Waals surface area contributed by atoms with Crippen LogP contribution in [0.3, 0.4) is 0 Å². The van der Waals surface area contributed by atoms with E-state index >= 15 is 0 Å². The third kappa shape index (κ3) is 1.06. The van der Waals surface area contributed by atoms with Gasteiger partial charge in [-0.1, -0.05) is 6.07 Å². The molecule has 0 spiro atoms. The molecule has 2 rings (SSSR count). The molecule has 1 aliphatic heterocycles. The van der Waals surface area contributed by atoms with Crippen molar-refractivity contribution in [2.24, 2.45) is 0 Å². The Morgan fingerprint density at radius 1 is 1.33 bits per heavy atom. The van der Waals surface area contributed by atoms with Crippen molar-refractivity contribution in [1.29, 1.82) is 0 Å². The fourth-order valence-corrected chi connectivity index (χ4v) is 2.15. The van der Waals surface area contributed by atoms with Crippen molar-refractivity contribution in [2.75, 3.05) is 6.61 Å². The molecule has 64 valence electrons. The number of hydrogen-bond acceptors (Lipinski definition) is 1. The monoisotopic (exact) mass is 226 g/mol. The van der Waals surface area contributed by atoms with Crippen LogP contribution in [0.1, 0.15) is 16.7 Å². The molecule has 1 nitrogen and oxygen atoms in total. The quantitative estimate of drug-likeness (QED) is 0.661. The zero-order chi connectivity index (χ0) is 8.72. The minimum atomic E-state index is 0.832. The summed E-state index contributed by atoms with van der Waals surface area (Å²) in [5, 5.41) is 0. The van der Waals surface area contributed by atoms with E-state index in [1.807, 2.05) is 0 Å². The summed E-state index contributed by atoms with van der Waals surface area (Å²) < 4.78 is 6.67. The van der Waals surface area contributed by atoms with E-state index in [2.05, 4.69) is 35.8 Å². The number of ether oxygens (including phenoxy) is 1. The van der Waals surface area contributed by atoms with Crippen LogP contribution in [0.25, 0.3) is 0 Å². The third-order valence-electron chi connectivity index (χ3n) is 2.33. The van der Waals surface area contributed by atoms with Gasteiger partial charge < -0.3 is 4.74 Å². The summed E-state index contributed by atoms with van der Waals surface area (Å²) >= 11 is 3.54. The fourth-order valence-electron chi connectivity index (χ4n) is 1.68. The van der Waals surface area contributed by atoms with Crippen LogP contribution in [0, 0.1) is 13.8 Å². The van der Waals surface area contributed by atoms with Crippen molar-refractivity contribution in [3.63, 3.8) is 0 Å². The zero-order valence-electron chi connectivity index (χ0n) is 7.28. The van der Waals surface area contributed by atoms with Gasteiger partial charge >= 0.3 is 0 Å². The Morgan fingerprint density at radius 3 is 2.83 bits per heavy atom. The predicted octanol–water partition coefficient (Wildman–Crippen LogP) is 3.00. The van der Waals surface area contributed by atoms with Crippen molar-refractivity contribution in [3.8, 4) is 5.75 Å². The van der Waals surface area contributed by atoms with Crippen molar-refractivity contribution in [3.05, 3.63) is 27.2 Å². The van der Waals surface area contributed by atoms with Gasteiger partial charge in [0.25, 0.3) is 0 Å². The highest BCUT2D eigenvalue weighted by Gasteiger charge is 2.18. The molecule has 0 saturated heterocycles. The average Bonchev–Trinajstić information content (AvgIpc) is 2.48. The maximum absolute atomic E-state index is 5.54. The van der Waals surface area contributed by atoms with Gasteiger partial charge in [0.05, 0.1) is 11.1 Å². The Balaban J connectivity index is 2.69. The van der Waals surface area contributed by atoms with E-state index in [9.17, 15) is 0 Å². The molecule has 0 unspecified atom stereocenters. The minimum absolute atomic E-state index is 0.832. The molecule has 1 aromatic rings. The van der Waals surface area contributed by atoms with Crippen molar-refractivity contribution in [1.82, 2.24) is 0 Å². The minimum Gasteiger partial charge on any atom is -0.492 e. The van der Waals surface area contributed by atoms with Gasteiger partial charge in [-0.05, 0) is 40.9 Å². The fraction of sp³-hybridized carbons (Fsp3) is 0.400. The van der Waals surface area contributed by atoms with Gasteiger partial charge in [-0.25, -0.2) is 0 Å². The molecule has 0 N–H and O–H groups in total. The molecular weight excluding hydrogens is 216 g/mol. The molecule has 1 aromatic carbocycles. The topological polar surface area (TPSA) is 9.23 Å². The lowest BCUT2D eigenvalue weighted by Crippen LogP contribution is -1.88.